The molecule has 102 valence electrons. The highest BCUT2D eigenvalue weighted by Crippen LogP contribution is 2.25. The third-order valence-electron chi connectivity index (χ3n) is 3.24. The van der Waals surface area contributed by atoms with Crippen LogP contribution in [0.25, 0.3) is 0 Å². The Morgan fingerprint density at radius 2 is 1.94 bits per heavy atom. The SMILES string of the molecule is Cc1nnc(CCC(F)(F)F)n1C1CCNCC1. The number of rotatable bonds is 3. The van der Waals surface area contributed by atoms with Gasteiger partial charge in [0.2, 0.25) is 0 Å². The molecule has 1 aliphatic heterocycles. The maximum Gasteiger partial charge on any atom is 0.389 e. The van der Waals surface area contributed by atoms with Crippen LogP contribution in [0.5, 0.6) is 0 Å². The van der Waals surface area contributed by atoms with E-state index < -0.39 is 12.6 Å². The average molecular weight is 262 g/mol. The van der Waals surface area contributed by atoms with Gasteiger partial charge in [0, 0.05) is 12.5 Å². The summed E-state index contributed by atoms with van der Waals surface area (Å²) in [7, 11) is 0. The summed E-state index contributed by atoms with van der Waals surface area (Å²) in [6.07, 6.45) is -3.24. The van der Waals surface area contributed by atoms with E-state index in [1.807, 2.05) is 4.57 Å². The van der Waals surface area contributed by atoms with Gasteiger partial charge in [-0.25, -0.2) is 0 Å². The quantitative estimate of drug-likeness (QED) is 0.906. The normalized spacial score (nSPS) is 18.2. The van der Waals surface area contributed by atoms with Crippen LogP contribution in [0.1, 0.15) is 37.0 Å². The van der Waals surface area contributed by atoms with Gasteiger partial charge in [0.1, 0.15) is 11.6 Å². The van der Waals surface area contributed by atoms with E-state index in [2.05, 4.69) is 15.5 Å². The molecule has 0 aromatic carbocycles. The Morgan fingerprint density at radius 3 is 2.56 bits per heavy atom. The predicted octanol–water partition coefficient (Wildman–Crippen LogP) is 2.01. The van der Waals surface area contributed by atoms with Crippen LogP contribution in [0, 0.1) is 6.92 Å². The Morgan fingerprint density at radius 1 is 1.28 bits per heavy atom. The highest BCUT2D eigenvalue weighted by atomic mass is 19.4. The maximum atomic E-state index is 12.3. The lowest BCUT2D eigenvalue weighted by atomic mass is 10.1. The molecule has 7 heteroatoms. The first-order valence-electron chi connectivity index (χ1n) is 6.15. The van der Waals surface area contributed by atoms with Crippen molar-refractivity contribution in [3.05, 3.63) is 11.6 Å². The van der Waals surface area contributed by atoms with Crippen LogP contribution in [0.3, 0.4) is 0 Å². The second-order valence-corrected chi connectivity index (χ2v) is 4.63. The zero-order valence-electron chi connectivity index (χ0n) is 10.3. The molecule has 0 bridgehead atoms. The fourth-order valence-electron chi connectivity index (χ4n) is 2.38. The average Bonchev–Trinajstić information content (AvgIpc) is 2.68. The largest absolute Gasteiger partial charge is 0.389 e. The lowest BCUT2D eigenvalue weighted by molar-refractivity contribution is -0.134. The van der Waals surface area contributed by atoms with Crippen molar-refractivity contribution >= 4 is 0 Å². The number of nitrogens with one attached hydrogen (secondary N) is 1. The monoisotopic (exact) mass is 262 g/mol. The van der Waals surface area contributed by atoms with Gasteiger partial charge in [-0.1, -0.05) is 0 Å². The van der Waals surface area contributed by atoms with Crippen molar-refractivity contribution in [3.8, 4) is 0 Å². The molecule has 18 heavy (non-hydrogen) atoms. The van der Waals surface area contributed by atoms with Crippen LogP contribution in [0.2, 0.25) is 0 Å². The summed E-state index contributed by atoms with van der Waals surface area (Å²) in [6, 6.07) is 0.226. The fraction of sp³-hybridized carbons (Fsp3) is 0.818. The summed E-state index contributed by atoms with van der Waals surface area (Å²) in [4.78, 5) is 0. The van der Waals surface area contributed by atoms with E-state index in [1.54, 1.807) is 6.92 Å². The summed E-state index contributed by atoms with van der Waals surface area (Å²) in [5.74, 6) is 1.16. The van der Waals surface area contributed by atoms with Crippen LogP contribution in [0.15, 0.2) is 0 Å². The van der Waals surface area contributed by atoms with E-state index in [9.17, 15) is 13.2 Å². The van der Waals surface area contributed by atoms with Gasteiger partial charge in [0.05, 0.1) is 6.42 Å². The van der Waals surface area contributed by atoms with Crippen molar-refractivity contribution in [3.63, 3.8) is 0 Å². The molecule has 1 aromatic heterocycles. The zero-order valence-corrected chi connectivity index (χ0v) is 10.3. The fourth-order valence-corrected chi connectivity index (χ4v) is 2.38. The Bertz CT molecular complexity index is 393. The minimum absolute atomic E-state index is 0.0890. The van der Waals surface area contributed by atoms with Crippen LogP contribution in [-0.2, 0) is 6.42 Å². The molecule has 1 saturated heterocycles. The van der Waals surface area contributed by atoms with Gasteiger partial charge < -0.3 is 9.88 Å². The lowest BCUT2D eigenvalue weighted by Crippen LogP contribution is -2.30. The van der Waals surface area contributed by atoms with Gasteiger partial charge in [-0.15, -0.1) is 10.2 Å². The Balaban J connectivity index is 2.11. The maximum absolute atomic E-state index is 12.3. The molecule has 1 aliphatic rings. The molecule has 0 aliphatic carbocycles. The molecule has 0 atom stereocenters. The highest BCUT2D eigenvalue weighted by Gasteiger charge is 2.29. The van der Waals surface area contributed by atoms with Crippen molar-refractivity contribution in [2.24, 2.45) is 0 Å². The first kappa shape index (κ1) is 13.3. The highest BCUT2D eigenvalue weighted by molar-refractivity contribution is 4.99. The number of hydrogen-bond acceptors (Lipinski definition) is 3. The van der Waals surface area contributed by atoms with Gasteiger partial charge in [0.15, 0.2) is 0 Å². The molecule has 1 N–H and O–H groups in total. The minimum atomic E-state index is -4.14. The predicted molar refractivity (Wildman–Crippen MR) is 60.3 cm³/mol. The third kappa shape index (κ3) is 3.22. The van der Waals surface area contributed by atoms with Crippen LogP contribution < -0.4 is 5.32 Å². The third-order valence-corrected chi connectivity index (χ3v) is 3.24. The van der Waals surface area contributed by atoms with Crippen molar-refractivity contribution in [2.75, 3.05) is 13.1 Å². The number of halogens is 3. The second kappa shape index (κ2) is 5.26. The van der Waals surface area contributed by atoms with Crippen LogP contribution >= 0.6 is 0 Å². The van der Waals surface area contributed by atoms with Gasteiger partial charge >= 0.3 is 6.18 Å². The molecular weight excluding hydrogens is 245 g/mol. The van der Waals surface area contributed by atoms with E-state index in [-0.39, 0.29) is 12.5 Å². The molecule has 4 nitrogen and oxygen atoms in total. The molecule has 1 aromatic rings. The summed E-state index contributed by atoms with van der Waals surface area (Å²) in [5.41, 5.74) is 0. The van der Waals surface area contributed by atoms with E-state index in [1.165, 1.54) is 0 Å². The molecule has 2 heterocycles. The van der Waals surface area contributed by atoms with Crippen molar-refractivity contribution in [1.82, 2.24) is 20.1 Å². The van der Waals surface area contributed by atoms with E-state index in [0.29, 0.717) is 11.6 Å². The van der Waals surface area contributed by atoms with E-state index >= 15 is 0 Å². The second-order valence-electron chi connectivity index (χ2n) is 4.63. The number of piperidine rings is 1. The number of aromatic nitrogens is 3. The number of nitrogens with zero attached hydrogens (tertiary/aromatic N) is 3. The molecule has 0 amide bonds. The van der Waals surface area contributed by atoms with E-state index in [4.69, 9.17) is 0 Å². The molecule has 0 unspecified atom stereocenters. The summed E-state index contributed by atoms with van der Waals surface area (Å²) < 4.78 is 38.6. The minimum Gasteiger partial charge on any atom is -0.317 e. The smallest absolute Gasteiger partial charge is 0.317 e. The van der Waals surface area contributed by atoms with Gasteiger partial charge in [0.25, 0.3) is 0 Å². The van der Waals surface area contributed by atoms with Crippen molar-refractivity contribution < 1.29 is 13.2 Å². The van der Waals surface area contributed by atoms with Crippen molar-refractivity contribution in [1.29, 1.82) is 0 Å². The molecule has 0 saturated carbocycles. The Kier molecular flexibility index (Phi) is 3.89. The number of aryl methyl sites for hydroxylation is 2. The number of hydrogen-bond donors (Lipinski definition) is 1. The lowest BCUT2D eigenvalue weighted by Gasteiger charge is -2.26. The molecule has 1 fully saturated rings. The summed E-state index contributed by atoms with van der Waals surface area (Å²) in [5, 5.41) is 11.0. The Labute approximate surface area is 104 Å². The number of alkyl halides is 3. The van der Waals surface area contributed by atoms with Crippen molar-refractivity contribution in [2.45, 2.75) is 44.8 Å². The van der Waals surface area contributed by atoms with Gasteiger partial charge in [-0.2, -0.15) is 13.2 Å². The first-order valence-corrected chi connectivity index (χ1v) is 6.15. The van der Waals surface area contributed by atoms with Crippen LogP contribution in [0.4, 0.5) is 13.2 Å². The van der Waals surface area contributed by atoms with E-state index in [0.717, 1.165) is 25.9 Å². The van der Waals surface area contributed by atoms with Gasteiger partial charge in [-0.05, 0) is 32.9 Å². The van der Waals surface area contributed by atoms with Gasteiger partial charge in [-0.3, -0.25) is 0 Å². The topological polar surface area (TPSA) is 42.7 Å². The summed E-state index contributed by atoms with van der Waals surface area (Å²) in [6.45, 7) is 3.58. The molecule has 0 spiro atoms. The Hall–Kier alpha value is -1.11. The zero-order chi connectivity index (χ0) is 13.2. The summed E-state index contributed by atoms with van der Waals surface area (Å²) >= 11 is 0. The first-order chi connectivity index (χ1) is 8.47. The molecule has 2 rings (SSSR count). The molecular formula is C11H17F3N4. The van der Waals surface area contributed by atoms with Crippen LogP contribution in [-0.4, -0.2) is 34.0 Å². The standard InChI is InChI=1S/C11H17F3N4/c1-8-16-17-10(2-5-11(12,13)14)18(8)9-3-6-15-7-4-9/h9,15H,2-7H2,1H3. The molecule has 0 radical (unpaired) electrons.